The number of hydrogen-bond acceptors (Lipinski definition) is 3. The fourth-order valence-corrected chi connectivity index (χ4v) is 3.52. The number of hydrogen-bond donors (Lipinski definition) is 1. The Kier molecular flexibility index (Phi) is 4.12. The zero-order chi connectivity index (χ0) is 14.8. The Morgan fingerprint density at radius 1 is 1.24 bits per heavy atom. The fourth-order valence-electron chi connectivity index (χ4n) is 3.52. The van der Waals surface area contributed by atoms with E-state index in [1.807, 2.05) is 18.9 Å². The van der Waals surface area contributed by atoms with Gasteiger partial charge in [-0.1, -0.05) is 12.8 Å². The lowest BCUT2D eigenvalue weighted by molar-refractivity contribution is 0.179. The Hall–Kier alpha value is -1.59. The van der Waals surface area contributed by atoms with Crippen LogP contribution in [-0.4, -0.2) is 44.8 Å². The molecule has 6 nitrogen and oxygen atoms in total. The van der Waals surface area contributed by atoms with Crippen molar-refractivity contribution in [1.82, 2.24) is 25.0 Å². The molecule has 1 saturated carbocycles. The molecule has 21 heavy (non-hydrogen) atoms. The molecule has 2 amide bonds. The van der Waals surface area contributed by atoms with Gasteiger partial charge >= 0.3 is 6.03 Å². The minimum absolute atomic E-state index is 0.0845. The summed E-state index contributed by atoms with van der Waals surface area (Å²) >= 11 is 0. The van der Waals surface area contributed by atoms with Gasteiger partial charge in [0.2, 0.25) is 0 Å². The highest BCUT2D eigenvalue weighted by Gasteiger charge is 2.26. The zero-order valence-corrected chi connectivity index (χ0v) is 13.0. The quantitative estimate of drug-likeness (QED) is 0.905. The smallest absolute Gasteiger partial charge is 0.317 e. The van der Waals surface area contributed by atoms with Gasteiger partial charge in [-0.3, -0.25) is 0 Å². The largest absolute Gasteiger partial charge is 0.335 e. The van der Waals surface area contributed by atoms with Crippen LogP contribution in [0.4, 0.5) is 4.79 Å². The van der Waals surface area contributed by atoms with Gasteiger partial charge < -0.3 is 14.8 Å². The molecule has 1 unspecified atom stereocenters. The van der Waals surface area contributed by atoms with Crippen molar-refractivity contribution in [3.05, 3.63) is 11.6 Å². The SMILES string of the molecule is Cc1nnc2n1CCC(N(C)C(=O)NC1CCCC1)CC2. The van der Waals surface area contributed by atoms with Gasteiger partial charge in [0.1, 0.15) is 11.6 Å². The average Bonchev–Trinajstić information content (AvgIpc) is 3.04. The van der Waals surface area contributed by atoms with Crippen molar-refractivity contribution in [3.8, 4) is 0 Å². The Labute approximate surface area is 125 Å². The molecule has 116 valence electrons. The molecule has 1 aromatic heterocycles. The third-order valence-corrected chi connectivity index (χ3v) is 4.95. The van der Waals surface area contributed by atoms with E-state index in [0.717, 1.165) is 50.3 Å². The van der Waals surface area contributed by atoms with Crippen LogP contribution in [0.15, 0.2) is 0 Å². The summed E-state index contributed by atoms with van der Waals surface area (Å²) in [5.41, 5.74) is 0. The summed E-state index contributed by atoms with van der Waals surface area (Å²) in [6, 6.07) is 0.751. The highest BCUT2D eigenvalue weighted by Crippen LogP contribution is 2.20. The molecule has 1 atom stereocenters. The molecular formula is C15H25N5O. The standard InChI is InChI=1S/C15H25N5O/c1-11-17-18-14-8-7-13(9-10-20(11)14)19(2)15(21)16-12-5-3-4-6-12/h12-13H,3-10H2,1-2H3,(H,16,21). The molecule has 6 heteroatoms. The molecule has 3 rings (SSSR count). The van der Waals surface area contributed by atoms with Crippen LogP contribution in [-0.2, 0) is 13.0 Å². The minimum atomic E-state index is 0.0845. The van der Waals surface area contributed by atoms with Crippen molar-refractivity contribution < 1.29 is 4.79 Å². The van der Waals surface area contributed by atoms with Crippen LogP contribution in [0.5, 0.6) is 0 Å². The number of rotatable bonds is 2. The fraction of sp³-hybridized carbons (Fsp3) is 0.800. The molecular weight excluding hydrogens is 266 g/mol. The van der Waals surface area contributed by atoms with Crippen LogP contribution >= 0.6 is 0 Å². The van der Waals surface area contributed by atoms with Crippen LogP contribution in [0.25, 0.3) is 0 Å². The summed E-state index contributed by atoms with van der Waals surface area (Å²) in [4.78, 5) is 14.3. The Bertz CT molecular complexity index is 506. The van der Waals surface area contributed by atoms with E-state index in [0.29, 0.717) is 6.04 Å². The minimum Gasteiger partial charge on any atom is -0.335 e. The molecule has 1 aromatic rings. The van der Waals surface area contributed by atoms with E-state index in [9.17, 15) is 4.79 Å². The lowest BCUT2D eigenvalue weighted by atomic mass is 10.1. The second-order valence-corrected chi connectivity index (χ2v) is 6.34. The Morgan fingerprint density at radius 3 is 2.76 bits per heavy atom. The third kappa shape index (κ3) is 3.04. The third-order valence-electron chi connectivity index (χ3n) is 4.95. The first-order chi connectivity index (χ1) is 10.1. The number of aryl methyl sites for hydroxylation is 2. The molecule has 0 spiro atoms. The Balaban J connectivity index is 1.58. The van der Waals surface area contributed by atoms with E-state index in [4.69, 9.17) is 0 Å². The lowest BCUT2D eigenvalue weighted by Gasteiger charge is -2.28. The number of amides is 2. The van der Waals surface area contributed by atoms with E-state index < -0.39 is 0 Å². The monoisotopic (exact) mass is 291 g/mol. The van der Waals surface area contributed by atoms with E-state index in [-0.39, 0.29) is 12.1 Å². The molecule has 1 fully saturated rings. The normalized spacial score (nSPS) is 22.7. The van der Waals surface area contributed by atoms with Gasteiger partial charge in [0.25, 0.3) is 0 Å². The van der Waals surface area contributed by atoms with Crippen molar-refractivity contribution in [2.24, 2.45) is 0 Å². The van der Waals surface area contributed by atoms with Gasteiger partial charge in [0.05, 0.1) is 0 Å². The first-order valence-corrected chi connectivity index (χ1v) is 8.07. The number of carbonyl (C=O) groups excluding carboxylic acids is 1. The van der Waals surface area contributed by atoms with Gasteiger partial charge in [0, 0.05) is 32.1 Å². The summed E-state index contributed by atoms with van der Waals surface area (Å²) in [6.45, 7) is 2.90. The first-order valence-electron chi connectivity index (χ1n) is 8.07. The Morgan fingerprint density at radius 2 is 2.00 bits per heavy atom. The summed E-state index contributed by atoms with van der Waals surface area (Å²) in [6.07, 6.45) is 7.58. The van der Waals surface area contributed by atoms with E-state index >= 15 is 0 Å². The zero-order valence-electron chi connectivity index (χ0n) is 13.0. The number of nitrogens with one attached hydrogen (secondary N) is 1. The number of carbonyl (C=O) groups is 1. The number of fused-ring (bicyclic) bond motifs is 1. The molecule has 0 bridgehead atoms. The molecule has 0 aromatic carbocycles. The highest BCUT2D eigenvalue weighted by atomic mass is 16.2. The summed E-state index contributed by atoms with van der Waals surface area (Å²) < 4.78 is 2.18. The van der Waals surface area contributed by atoms with Crippen LogP contribution in [0, 0.1) is 6.92 Å². The van der Waals surface area contributed by atoms with Crippen molar-refractivity contribution in [2.45, 2.75) is 70.5 Å². The van der Waals surface area contributed by atoms with Crippen molar-refractivity contribution in [2.75, 3.05) is 7.05 Å². The second kappa shape index (κ2) is 6.03. The summed E-state index contributed by atoms with van der Waals surface area (Å²) in [5, 5.41) is 11.5. The van der Waals surface area contributed by atoms with Crippen molar-refractivity contribution in [3.63, 3.8) is 0 Å². The summed E-state index contributed by atoms with van der Waals surface area (Å²) in [7, 11) is 1.92. The van der Waals surface area contributed by atoms with Gasteiger partial charge in [-0.15, -0.1) is 10.2 Å². The predicted octanol–water partition coefficient (Wildman–Crippen LogP) is 1.88. The molecule has 1 aliphatic carbocycles. The van der Waals surface area contributed by atoms with Crippen LogP contribution in [0.1, 0.15) is 50.2 Å². The first kappa shape index (κ1) is 14.4. The number of urea groups is 1. The molecule has 0 radical (unpaired) electrons. The predicted molar refractivity (Wildman–Crippen MR) is 80.0 cm³/mol. The van der Waals surface area contributed by atoms with Gasteiger partial charge in [0.15, 0.2) is 0 Å². The van der Waals surface area contributed by atoms with Crippen LogP contribution in [0.3, 0.4) is 0 Å². The second-order valence-electron chi connectivity index (χ2n) is 6.34. The van der Waals surface area contributed by atoms with Crippen LogP contribution < -0.4 is 5.32 Å². The molecule has 1 aliphatic heterocycles. The van der Waals surface area contributed by atoms with Gasteiger partial charge in [-0.05, 0) is 32.6 Å². The molecule has 2 heterocycles. The molecule has 0 saturated heterocycles. The maximum absolute atomic E-state index is 12.4. The van der Waals surface area contributed by atoms with Gasteiger partial charge in [-0.25, -0.2) is 4.79 Å². The van der Waals surface area contributed by atoms with E-state index in [1.165, 1.54) is 12.8 Å². The van der Waals surface area contributed by atoms with Crippen LogP contribution in [0.2, 0.25) is 0 Å². The van der Waals surface area contributed by atoms with E-state index in [1.54, 1.807) is 0 Å². The topological polar surface area (TPSA) is 63.1 Å². The van der Waals surface area contributed by atoms with Crippen molar-refractivity contribution >= 4 is 6.03 Å². The lowest BCUT2D eigenvalue weighted by Crippen LogP contribution is -2.46. The maximum Gasteiger partial charge on any atom is 0.317 e. The molecule has 2 aliphatic rings. The van der Waals surface area contributed by atoms with E-state index in [2.05, 4.69) is 20.1 Å². The number of aromatic nitrogens is 3. The maximum atomic E-state index is 12.4. The summed E-state index contributed by atoms with van der Waals surface area (Å²) in [5.74, 6) is 2.03. The van der Waals surface area contributed by atoms with Gasteiger partial charge in [-0.2, -0.15) is 0 Å². The molecule has 1 N–H and O–H groups in total. The number of nitrogens with zero attached hydrogens (tertiary/aromatic N) is 4. The average molecular weight is 291 g/mol. The van der Waals surface area contributed by atoms with Crippen molar-refractivity contribution in [1.29, 1.82) is 0 Å². The highest BCUT2D eigenvalue weighted by molar-refractivity contribution is 5.74.